The second kappa shape index (κ2) is 6.68. The third-order valence-corrected chi connectivity index (χ3v) is 3.76. The number of esters is 1. The van der Waals surface area contributed by atoms with Crippen LogP contribution in [0.3, 0.4) is 0 Å². The molecule has 0 bridgehead atoms. The third kappa shape index (κ3) is 3.12. The number of carbonyl (C=O) groups is 1. The van der Waals surface area contributed by atoms with Crippen LogP contribution in [0.25, 0.3) is 22.7 Å². The first-order valence-corrected chi connectivity index (χ1v) is 7.91. The molecule has 0 saturated carbocycles. The summed E-state index contributed by atoms with van der Waals surface area (Å²) in [4.78, 5) is 20.9. The van der Waals surface area contributed by atoms with Crippen LogP contribution in [0.2, 0.25) is 0 Å². The summed E-state index contributed by atoms with van der Waals surface area (Å²) < 4.78 is 16.3. The third-order valence-electron chi connectivity index (χ3n) is 3.76. The molecule has 0 aliphatic heterocycles. The topological polar surface area (TPSA) is 74.5 Å². The fourth-order valence-corrected chi connectivity index (χ4v) is 2.48. The molecule has 0 saturated heterocycles. The van der Waals surface area contributed by atoms with Gasteiger partial charge in [0, 0.05) is 12.3 Å². The first kappa shape index (κ1) is 15.8. The summed E-state index contributed by atoms with van der Waals surface area (Å²) in [6.45, 7) is 0. The van der Waals surface area contributed by atoms with E-state index in [2.05, 4.69) is 9.97 Å². The van der Waals surface area contributed by atoms with Crippen molar-refractivity contribution in [2.45, 2.75) is 0 Å². The van der Waals surface area contributed by atoms with Gasteiger partial charge in [0.05, 0.1) is 12.7 Å². The van der Waals surface area contributed by atoms with Crippen LogP contribution in [0.1, 0.15) is 10.4 Å². The van der Waals surface area contributed by atoms with Crippen molar-refractivity contribution in [1.82, 2.24) is 9.97 Å². The lowest BCUT2D eigenvalue weighted by Crippen LogP contribution is -2.08. The van der Waals surface area contributed by atoms with E-state index in [0.29, 0.717) is 39.7 Å². The molecule has 128 valence electrons. The SMILES string of the molecule is COc1cccc(C(=O)Oc2ccc3nc(-c4ccccn4)oc3c2)c1. The molecular formula is C20H14N2O4. The smallest absolute Gasteiger partial charge is 0.343 e. The van der Waals surface area contributed by atoms with Crippen molar-refractivity contribution in [3.05, 3.63) is 72.4 Å². The number of aromatic nitrogens is 2. The van der Waals surface area contributed by atoms with Crippen molar-refractivity contribution >= 4 is 17.1 Å². The fourth-order valence-electron chi connectivity index (χ4n) is 2.48. The number of fused-ring (bicyclic) bond motifs is 1. The number of ether oxygens (including phenoxy) is 2. The normalized spacial score (nSPS) is 10.7. The number of benzene rings is 2. The molecule has 0 fully saturated rings. The zero-order chi connectivity index (χ0) is 17.9. The second-order valence-corrected chi connectivity index (χ2v) is 5.49. The van der Waals surface area contributed by atoms with E-state index in [1.807, 2.05) is 18.2 Å². The summed E-state index contributed by atoms with van der Waals surface area (Å²) in [5.74, 6) is 0.892. The molecule has 0 atom stereocenters. The Morgan fingerprint density at radius 3 is 2.73 bits per heavy atom. The summed E-state index contributed by atoms with van der Waals surface area (Å²) in [6, 6.07) is 17.3. The molecule has 6 heteroatoms. The number of oxazole rings is 1. The maximum atomic E-state index is 12.3. The van der Waals surface area contributed by atoms with Crippen LogP contribution in [-0.4, -0.2) is 23.0 Å². The molecule has 0 aliphatic rings. The average Bonchev–Trinajstić information content (AvgIpc) is 3.12. The van der Waals surface area contributed by atoms with Gasteiger partial charge in [0.1, 0.15) is 22.7 Å². The van der Waals surface area contributed by atoms with Crippen molar-refractivity contribution in [1.29, 1.82) is 0 Å². The molecule has 0 spiro atoms. The minimum absolute atomic E-state index is 0.369. The van der Waals surface area contributed by atoms with Gasteiger partial charge in [-0.2, -0.15) is 0 Å². The number of methoxy groups -OCH3 is 1. The van der Waals surface area contributed by atoms with E-state index in [1.54, 1.807) is 55.8 Å². The Morgan fingerprint density at radius 2 is 1.92 bits per heavy atom. The number of hydrogen-bond acceptors (Lipinski definition) is 6. The van der Waals surface area contributed by atoms with Crippen LogP contribution >= 0.6 is 0 Å². The number of hydrogen-bond donors (Lipinski definition) is 0. The maximum absolute atomic E-state index is 12.3. The largest absolute Gasteiger partial charge is 0.497 e. The lowest BCUT2D eigenvalue weighted by atomic mass is 10.2. The Balaban J connectivity index is 1.60. The Morgan fingerprint density at radius 1 is 1.00 bits per heavy atom. The molecule has 0 radical (unpaired) electrons. The van der Waals surface area contributed by atoms with Crippen LogP contribution in [0.15, 0.2) is 71.3 Å². The molecule has 4 rings (SSSR count). The van der Waals surface area contributed by atoms with Gasteiger partial charge in [0.25, 0.3) is 0 Å². The monoisotopic (exact) mass is 346 g/mol. The van der Waals surface area contributed by atoms with Crippen LogP contribution in [-0.2, 0) is 0 Å². The first-order valence-electron chi connectivity index (χ1n) is 7.91. The highest BCUT2D eigenvalue weighted by Gasteiger charge is 2.13. The molecule has 2 heterocycles. The predicted molar refractivity (Wildman–Crippen MR) is 95.2 cm³/mol. The van der Waals surface area contributed by atoms with E-state index in [0.717, 1.165) is 0 Å². The van der Waals surface area contributed by atoms with E-state index in [1.165, 1.54) is 0 Å². The summed E-state index contributed by atoms with van der Waals surface area (Å²) in [6.07, 6.45) is 1.67. The van der Waals surface area contributed by atoms with Crippen molar-refractivity contribution in [2.75, 3.05) is 7.11 Å². The molecule has 26 heavy (non-hydrogen) atoms. The Labute approximate surface area is 149 Å². The zero-order valence-corrected chi connectivity index (χ0v) is 13.9. The lowest BCUT2D eigenvalue weighted by Gasteiger charge is -2.05. The van der Waals surface area contributed by atoms with Crippen LogP contribution in [0.5, 0.6) is 11.5 Å². The maximum Gasteiger partial charge on any atom is 0.343 e. The second-order valence-electron chi connectivity index (χ2n) is 5.49. The van der Waals surface area contributed by atoms with Crippen molar-refractivity contribution in [2.24, 2.45) is 0 Å². The van der Waals surface area contributed by atoms with Gasteiger partial charge < -0.3 is 13.9 Å². The van der Waals surface area contributed by atoms with Gasteiger partial charge in [-0.25, -0.2) is 9.78 Å². The van der Waals surface area contributed by atoms with Gasteiger partial charge >= 0.3 is 5.97 Å². The van der Waals surface area contributed by atoms with Crippen molar-refractivity contribution in [3.8, 4) is 23.1 Å². The summed E-state index contributed by atoms with van der Waals surface area (Å²) in [5.41, 5.74) is 2.21. The van der Waals surface area contributed by atoms with Crippen molar-refractivity contribution < 1.29 is 18.7 Å². The quantitative estimate of drug-likeness (QED) is 0.409. The fraction of sp³-hybridized carbons (Fsp3) is 0.0500. The van der Waals surface area contributed by atoms with Gasteiger partial charge in [-0.1, -0.05) is 12.1 Å². The molecular weight excluding hydrogens is 332 g/mol. The molecule has 4 aromatic rings. The minimum atomic E-state index is -0.479. The molecule has 0 amide bonds. The van der Waals surface area contributed by atoms with Gasteiger partial charge in [0.15, 0.2) is 5.58 Å². The van der Waals surface area contributed by atoms with Crippen molar-refractivity contribution in [3.63, 3.8) is 0 Å². The van der Waals surface area contributed by atoms with E-state index in [-0.39, 0.29) is 0 Å². The molecule has 2 aromatic carbocycles. The van der Waals surface area contributed by atoms with Crippen LogP contribution in [0, 0.1) is 0 Å². The highest BCUT2D eigenvalue weighted by Crippen LogP contribution is 2.26. The Hall–Kier alpha value is -3.67. The minimum Gasteiger partial charge on any atom is -0.497 e. The summed E-state index contributed by atoms with van der Waals surface area (Å²) in [7, 11) is 1.54. The molecule has 0 unspecified atom stereocenters. The molecule has 0 N–H and O–H groups in total. The standard InChI is InChI=1S/C20H14N2O4/c1-24-14-6-4-5-13(11-14)20(23)25-15-8-9-16-18(12-15)26-19(22-16)17-7-2-3-10-21-17/h2-12H,1H3. The molecule has 2 aromatic heterocycles. The zero-order valence-electron chi connectivity index (χ0n) is 13.9. The summed E-state index contributed by atoms with van der Waals surface area (Å²) >= 11 is 0. The Bertz CT molecular complexity index is 1070. The highest BCUT2D eigenvalue weighted by atomic mass is 16.5. The molecule has 0 aliphatic carbocycles. The van der Waals surface area contributed by atoms with Crippen LogP contribution < -0.4 is 9.47 Å². The first-order chi connectivity index (χ1) is 12.7. The van der Waals surface area contributed by atoms with E-state index < -0.39 is 5.97 Å². The van der Waals surface area contributed by atoms with Gasteiger partial charge in [-0.3, -0.25) is 4.98 Å². The van der Waals surface area contributed by atoms with E-state index in [4.69, 9.17) is 13.9 Å². The number of pyridine rings is 1. The van der Waals surface area contributed by atoms with E-state index in [9.17, 15) is 4.79 Å². The van der Waals surface area contributed by atoms with Gasteiger partial charge in [0.2, 0.25) is 5.89 Å². The molecule has 6 nitrogen and oxygen atoms in total. The van der Waals surface area contributed by atoms with Gasteiger partial charge in [-0.15, -0.1) is 0 Å². The average molecular weight is 346 g/mol. The van der Waals surface area contributed by atoms with Crippen LogP contribution in [0.4, 0.5) is 0 Å². The highest BCUT2D eigenvalue weighted by molar-refractivity contribution is 5.92. The number of carbonyl (C=O) groups excluding carboxylic acids is 1. The predicted octanol–water partition coefficient (Wildman–Crippen LogP) is 4.12. The van der Waals surface area contributed by atoms with E-state index >= 15 is 0 Å². The Kier molecular flexibility index (Phi) is 4.07. The number of rotatable bonds is 4. The van der Waals surface area contributed by atoms with Gasteiger partial charge in [-0.05, 0) is 42.5 Å². The lowest BCUT2D eigenvalue weighted by molar-refractivity contribution is 0.0734. The number of nitrogens with zero attached hydrogens (tertiary/aromatic N) is 2. The summed E-state index contributed by atoms with van der Waals surface area (Å²) in [5, 5.41) is 0.